The average molecular weight is 158 g/mol. The van der Waals surface area contributed by atoms with Crippen LogP contribution >= 0.6 is 11.8 Å². The number of thioether (sulfide) groups is 1. The van der Waals surface area contributed by atoms with Gasteiger partial charge in [0, 0.05) is 5.75 Å². The lowest BCUT2D eigenvalue weighted by Crippen LogP contribution is -2.06. The van der Waals surface area contributed by atoms with Crippen molar-refractivity contribution in [2.24, 2.45) is 0 Å². The van der Waals surface area contributed by atoms with Crippen LogP contribution in [0.25, 0.3) is 0 Å². The molecule has 0 aromatic heterocycles. The van der Waals surface area contributed by atoms with Gasteiger partial charge in [-0.25, -0.2) is 4.79 Å². The molecule has 2 rings (SSSR count). The molecule has 0 aromatic rings. The van der Waals surface area contributed by atoms with E-state index >= 15 is 0 Å². The van der Waals surface area contributed by atoms with Crippen molar-refractivity contribution in [3.63, 3.8) is 0 Å². The molecule has 0 aliphatic carbocycles. The Morgan fingerprint density at radius 3 is 3.10 bits per heavy atom. The third-order valence-electron chi connectivity index (χ3n) is 1.38. The van der Waals surface area contributed by atoms with Crippen LogP contribution in [0.5, 0.6) is 0 Å². The second kappa shape index (κ2) is 2.20. The van der Waals surface area contributed by atoms with Crippen molar-refractivity contribution in [1.29, 1.82) is 0 Å². The number of hydrogen-bond donors (Lipinski definition) is 0. The van der Waals surface area contributed by atoms with Crippen LogP contribution in [0, 0.1) is 0 Å². The van der Waals surface area contributed by atoms with Crippen LogP contribution in [0.3, 0.4) is 0 Å². The summed E-state index contributed by atoms with van der Waals surface area (Å²) < 4.78 is 9.93. The fraction of sp³-hybridized carbons (Fsp3) is 0.500. The summed E-state index contributed by atoms with van der Waals surface area (Å²) in [6.07, 6.45) is 0. The first kappa shape index (κ1) is 6.09. The summed E-state index contributed by atoms with van der Waals surface area (Å²) in [5, 5.41) is 0. The Labute approximate surface area is 62.4 Å². The SMILES string of the molecule is O=C1OCC2=C1SCCO2. The zero-order chi connectivity index (χ0) is 6.97. The van der Waals surface area contributed by atoms with Crippen LogP contribution in [0.1, 0.15) is 0 Å². The van der Waals surface area contributed by atoms with Gasteiger partial charge in [0.15, 0.2) is 12.4 Å². The fourth-order valence-corrected chi connectivity index (χ4v) is 1.76. The third kappa shape index (κ3) is 0.794. The first-order valence-corrected chi connectivity index (χ1v) is 4.02. The summed E-state index contributed by atoms with van der Waals surface area (Å²) in [6, 6.07) is 0. The van der Waals surface area contributed by atoms with E-state index in [4.69, 9.17) is 9.47 Å². The monoisotopic (exact) mass is 158 g/mol. The highest BCUT2D eigenvalue weighted by Crippen LogP contribution is 2.30. The van der Waals surface area contributed by atoms with Crippen molar-refractivity contribution in [3.8, 4) is 0 Å². The maximum absolute atomic E-state index is 10.8. The van der Waals surface area contributed by atoms with Crippen LogP contribution in [0.15, 0.2) is 10.7 Å². The molecule has 0 atom stereocenters. The standard InChI is InChI=1S/C6H6O3S/c7-6-5-4(3-9-6)8-1-2-10-5/h1-3H2. The Balaban J connectivity index is 2.29. The van der Waals surface area contributed by atoms with E-state index in [1.165, 1.54) is 11.8 Å². The van der Waals surface area contributed by atoms with Crippen LogP contribution in [0.4, 0.5) is 0 Å². The second-order valence-corrected chi connectivity index (χ2v) is 3.13. The molecule has 0 bridgehead atoms. The summed E-state index contributed by atoms with van der Waals surface area (Å²) in [4.78, 5) is 11.5. The molecular formula is C6H6O3S. The molecule has 0 N–H and O–H groups in total. The van der Waals surface area contributed by atoms with Crippen LogP contribution in [0.2, 0.25) is 0 Å². The van der Waals surface area contributed by atoms with Gasteiger partial charge in [-0.05, 0) is 0 Å². The van der Waals surface area contributed by atoms with Crippen molar-refractivity contribution in [1.82, 2.24) is 0 Å². The lowest BCUT2D eigenvalue weighted by atomic mass is 10.5. The van der Waals surface area contributed by atoms with E-state index in [9.17, 15) is 4.79 Å². The largest absolute Gasteiger partial charge is 0.492 e. The molecule has 0 saturated heterocycles. The maximum Gasteiger partial charge on any atom is 0.348 e. The first-order valence-electron chi connectivity index (χ1n) is 3.04. The van der Waals surface area contributed by atoms with Gasteiger partial charge in [0.2, 0.25) is 0 Å². The number of rotatable bonds is 0. The Kier molecular flexibility index (Phi) is 1.34. The van der Waals surface area contributed by atoms with Crippen molar-refractivity contribution >= 4 is 17.7 Å². The molecule has 0 amide bonds. The van der Waals surface area contributed by atoms with E-state index in [1.807, 2.05) is 0 Å². The van der Waals surface area contributed by atoms with E-state index in [0.717, 1.165) is 11.5 Å². The molecule has 2 aliphatic heterocycles. The summed E-state index contributed by atoms with van der Waals surface area (Å²) in [5.74, 6) is 1.36. The van der Waals surface area contributed by atoms with Crippen molar-refractivity contribution < 1.29 is 14.3 Å². The quantitative estimate of drug-likeness (QED) is 0.481. The Morgan fingerprint density at radius 2 is 2.30 bits per heavy atom. The molecule has 0 spiro atoms. The van der Waals surface area contributed by atoms with Crippen molar-refractivity contribution in [2.75, 3.05) is 19.0 Å². The molecule has 4 heteroatoms. The van der Waals surface area contributed by atoms with Gasteiger partial charge in [0.1, 0.15) is 4.91 Å². The Morgan fingerprint density at radius 1 is 1.40 bits per heavy atom. The Hall–Kier alpha value is -0.640. The van der Waals surface area contributed by atoms with E-state index < -0.39 is 0 Å². The fourth-order valence-electron chi connectivity index (χ4n) is 0.931. The van der Waals surface area contributed by atoms with Gasteiger partial charge in [0.05, 0.1) is 6.61 Å². The van der Waals surface area contributed by atoms with E-state index in [2.05, 4.69) is 0 Å². The topological polar surface area (TPSA) is 35.5 Å². The molecule has 54 valence electrons. The van der Waals surface area contributed by atoms with E-state index in [-0.39, 0.29) is 5.97 Å². The van der Waals surface area contributed by atoms with Gasteiger partial charge in [0.25, 0.3) is 0 Å². The molecule has 0 aromatic carbocycles. The number of hydrogen-bond acceptors (Lipinski definition) is 4. The molecule has 10 heavy (non-hydrogen) atoms. The van der Waals surface area contributed by atoms with Crippen LogP contribution in [-0.2, 0) is 14.3 Å². The highest BCUT2D eigenvalue weighted by molar-refractivity contribution is 8.04. The number of carbonyl (C=O) groups excluding carboxylic acids is 1. The molecule has 0 unspecified atom stereocenters. The molecule has 0 saturated carbocycles. The molecule has 2 heterocycles. The minimum absolute atomic E-state index is 0.222. The van der Waals surface area contributed by atoms with Crippen LogP contribution < -0.4 is 0 Å². The van der Waals surface area contributed by atoms with Gasteiger partial charge in [-0.1, -0.05) is 0 Å². The lowest BCUT2D eigenvalue weighted by Gasteiger charge is -2.10. The predicted octanol–water partition coefficient (Wildman–Crippen LogP) is 0.518. The number of esters is 1. The normalized spacial score (nSPS) is 23.8. The third-order valence-corrected chi connectivity index (χ3v) is 2.43. The number of carbonyl (C=O) groups is 1. The first-order chi connectivity index (χ1) is 4.88. The van der Waals surface area contributed by atoms with Gasteiger partial charge < -0.3 is 9.47 Å². The summed E-state index contributed by atoms with van der Waals surface area (Å²) >= 11 is 1.52. The van der Waals surface area contributed by atoms with E-state index in [1.54, 1.807) is 0 Å². The second-order valence-electron chi connectivity index (χ2n) is 2.03. The smallest absolute Gasteiger partial charge is 0.348 e. The Bertz CT molecular complexity index is 209. The summed E-state index contributed by atoms with van der Waals surface area (Å²) in [7, 11) is 0. The van der Waals surface area contributed by atoms with Gasteiger partial charge in [-0.3, -0.25) is 0 Å². The molecule has 0 fully saturated rings. The molecule has 2 aliphatic rings. The minimum Gasteiger partial charge on any atom is -0.492 e. The zero-order valence-electron chi connectivity index (χ0n) is 5.25. The number of cyclic esters (lactones) is 1. The molecular weight excluding hydrogens is 152 g/mol. The zero-order valence-corrected chi connectivity index (χ0v) is 6.07. The maximum atomic E-state index is 10.8. The van der Waals surface area contributed by atoms with E-state index in [0.29, 0.717) is 18.1 Å². The molecule has 0 radical (unpaired) electrons. The van der Waals surface area contributed by atoms with Crippen molar-refractivity contribution in [2.45, 2.75) is 0 Å². The highest BCUT2D eigenvalue weighted by atomic mass is 32.2. The predicted molar refractivity (Wildman–Crippen MR) is 36.4 cm³/mol. The van der Waals surface area contributed by atoms with Gasteiger partial charge in [-0.2, -0.15) is 0 Å². The average Bonchev–Trinajstić information content (AvgIpc) is 2.34. The van der Waals surface area contributed by atoms with Crippen LogP contribution in [-0.4, -0.2) is 24.9 Å². The van der Waals surface area contributed by atoms with Gasteiger partial charge >= 0.3 is 5.97 Å². The lowest BCUT2D eigenvalue weighted by molar-refractivity contribution is -0.135. The molecule has 3 nitrogen and oxygen atoms in total. The highest BCUT2D eigenvalue weighted by Gasteiger charge is 2.29. The van der Waals surface area contributed by atoms with Crippen molar-refractivity contribution in [3.05, 3.63) is 10.7 Å². The number of ether oxygens (including phenoxy) is 2. The van der Waals surface area contributed by atoms with Gasteiger partial charge in [-0.15, -0.1) is 11.8 Å². The summed E-state index contributed by atoms with van der Waals surface area (Å²) in [5.41, 5.74) is 0. The minimum atomic E-state index is -0.222. The summed E-state index contributed by atoms with van der Waals surface area (Å²) in [6.45, 7) is 1.03.